The summed E-state index contributed by atoms with van der Waals surface area (Å²) < 4.78 is 13.2. The molecule has 0 radical (unpaired) electrons. The lowest BCUT2D eigenvalue weighted by atomic mass is 10.1. The molecule has 3 rings (SSSR count). The van der Waals surface area contributed by atoms with Crippen LogP contribution in [0.1, 0.15) is 16.7 Å². The molecule has 0 aliphatic carbocycles. The molecule has 0 bridgehead atoms. The fourth-order valence-electron chi connectivity index (χ4n) is 2.47. The fraction of sp³-hybridized carbons (Fsp3) is 0.158. The summed E-state index contributed by atoms with van der Waals surface area (Å²) >= 11 is 5.81. The summed E-state index contributed by atoms with van der Waals surface area (Å²) in [5.41, 5.74) is 8.89. The van der Waals surface area contributed by atoms with Crippen molar-refractivity contribution in [2.75, 3.05) is 17.6 Å². The monoisotopic (exact) mass is 356 g/mol. The van der Waals surface area contributed by atoms with Gasteiger partial charge in [-0.05, 0) is 29.7 Å². The van der Waals surface area contributed by atoms with Crippen molar-refractivity contribution in [1.29, 1.82) is 0 Å². The van der Waals surface area contributed by atoms with Crippen LogP contribution in [-0.4, -0.2) is 16.5 Å². The van der Waals surface area contributed by atoms with Gasteiger partial charge in [-0.1, -0.05) is 48.0 Å². The quantitative estimate of drug-likeness (QED) is 0.698. The van der Waals surface area contributed by atoms with Gasteiger partial charge in [0.2, 0.25) is 5.95 Å². The Hall–Kier alpha value is -2.66. The zero-order valence-electron chi connectivity index (χ0n) is 13.5. The van der Waals surface area contributed by atoms with E-state index in [9.17, 15) is 4.39 Å². The van der Waals surface area contributed by atoms with Crippen molar-refractivity contribution in [3.8, 4) is 0 Å². The number of halogens is 2. The predicted molar refractivity (Wildman–Crippen MR) is 99.3 cm³/mol. The summed E-state index contributed by atoms with van der Waals surface area (Å²) in [5, 5.41) is 3.26. The van der Waals surface area contributed by atoms with Gasteiger partial charge in [-0.15, -0.1) is 0 Å². The van der Waals surface area contributed by atoms with Gasteiger partial charge in [0.05, 0.1) is 5.02 Å². The van der Waals surface area contributed by atoms with Crippen LogP contribution in [0.4, 0.5) is 16.2 Å². The first-order chi connectivity index (χ1) is 12.1. The largest absolute Gasteiger partial charge is 0.383 e. The van der Waals surface area contributed by atoms with E-state index in [0.717, 1.165) is 24.1 Å². The average Bonchev–Trinajstić information content (AvgIpc) is 2.61. The number of rotatable bonds is 6. The highest BCUT2D eigenvalue weighted by Crippen LogP contribution is 2.20. The van der Waals surface area contributed by atoms with Crippen LogP contribution in [-0.2, 0) is 12.8 Å². The SMILES string of the molecule is Nc1nc(NCCc2ccccc2)ncc1Cc1ccc(F)c(Cl)c1. The Balaban J connectivity index is 1.61. The summed E-state index contributed by atoms with van der Waals surface area (Å²) in [6, 6.07) is 14.8. The third-order valence-corrected chi connectivity index (χ3v) is 4.11. The van der Waals surface area contributed by atoms with E-state index in [2.05, 4.69) is 27.4 Å². The fourth-order valence-corrected chi connectivity index (χ4v) is 2.68. The molecule has 0 unspecified atom stereocenters. The van der Waals surface area contributed by atoms with Crippen LogP contribution in [0.3, 0.4) is 0 Å². The number of hydrogen-bond acceptors (Lipinski definition) is 4. The molecule has 0 saturated carbocycles. The zero-order chi connectivity index (χ0) is 17.6. The van der Waals surface area contributed by atoms with Gasteiger partial charge in [-0.2, -0.15) is 4.98 Å². The van der Waals surface area contributed by atoms with Crippen molar-refractivity contribution >= 4 is 23.4 Å². The first-order valence-corrected chi connectivity index (χ1v) is 8.33. The smallest absolute Gasteiger partial charge is 0.224 e. The first-order valence-electron chi connectivity index (χ1n) is 7.95. The number of anilines is 2. The molecular formula is C19H18ClFN4. The van der Waals surface area contributed by atoms with Crippen LogP contribution in [0.25, 0.3) is 0 Å². The zero-order valence-corrected chi connectivity index (χ0v) is 14.3. The Morgan fingerprint density at radius 1 is 1.08 bits per heavy atom. The lowest BCUT2D eigenvalue weighted by Crippen LogP contribution is -2.10. The van der Waals surface area contributed by atoms with Gasteiger partial charge in [0.15, 0.2) is 0 Å². The molecular weight excluding hydrogens is 339 g/mol. The predicted octanol–water partition coefficient (Wildman–Crippen LogP) is 4.10. The Labute approximate surface area is 150 Å². The minimum absolute atomic E-state index is 0.0937. The number of benzene rings is 2. The van der Waals surface area contributed by atoms with Crippen LogP contribution >= 0.6 is 11.6 Å². The summed E-state index contributed by atoms with van der Waals surface area (Å²) in [4.78, 5) is 8.59. The van der Waals surface area contributed by atoms with E-state index in [1.54, 1.807) is 18.3 Å². The van der Waals surface area contributed by atoms with E-state index in [-0.39, 0.29) is 5.02 Å². The molecule has 128 valence electrons. The molecule has 0 fully saturated rings. The molecule has 1 aromatic heterocycles. The Kier molecular flexibility index (Phi) is 5.46. The maximum Gasteiger partial charge on any atom is 0.224 e. The van der Waals surface area contributed by atoms with Crippen molar-refractivity contribution < 1.29 is 4.39 Å². The van der Waals surface area contributed by atoms with Crippen molar-refractivity contribution in [2.45, 2.75) is 12.8 Å². The van der Waals surface area contributed by atoms with E-state index in [1.807, 2.05) is 18.2 Å². The van der Waals surface area contributed by atoms with Gasteiger partial charge < -0.3 is 11.1 Å². The molecule has 25 heavy (non-hydrogen) atoms. The standard InChI is InChI=1S/C19H18ClFN4/c20-16-11-14(6-7-17(16)21)10-15-12-24-19(25-18(15)22)23-9-8-13-4-2-1-3-5-13/h1-7,11-12H,8-10H2,(H3,22,23,24,25). The molecule has 0 atom stereocenters. The van der Waals surface area contributed by atoms with E-state index in [1.165, 1.54) is 11.6 Å². The first kappa shape index (κ1) is 17.2. The minimum atomic E-state index is -0.437. The average molecular weight is 357 g/mol. The maximum atomic E-state index is 13.2. The highest BCUT2D eigenvalue weighted by atomic mass is 35.5. The molecule has 2 aromatic carbocycles. The number of nitrogens with two attached hydrogens (primary N) is 1. The molecule has 0 spiro atoms. The summed E-state index contributed by atoms with van der Waals surface area (Å²) in [7, 11) is 0. The molecule has 1 heterocycles. The van der Waals surface area contributed by atoms with Crippen LogP contribution < -0.4 is 11.1 Å². The van der Waals surface area contributed by atoms with Crippen molar-refractivity contribution in [2.24, 2.45) is 0 Å². The second-order valence-electron chi connectivity index (χ2n) is 5.69. The molecule has 0 amide bonds. The Morgan fingerprint density at radius 2 is 1.88 bits per heavy atom. The van der Waals surface area contributed by atoms with Crippen LogP contribution in [0.2, 0.25) is 5.02 Å². The third kappa shape index (κ3) is 4.67. The van der Waals surface area contributed by atoms with Gasteiger partial charge in [-0.25, -0.2) is 9.37 Å². The van der Waals surface area contributed by atoms with Crippen molar-refractivity contribution in [3.05, 3.63) is 82.3 Å². The molecule has 4 nitrogen and oxygen atoms in total. The van der Waals surface area contributed by atoms with Crippen molar-refractivity contribution in [1.82, 2.24) is 9.97 Å². The van der Waals surface area contributed by atoms with Gasteiger partial charge in [0.25, 0.3) is 0 Å². The molecule has 0 aliphatic heterocycles. The number of aromatic nitrogens is 2. The van der Waals surface area contributed by atoms with Crippen molar-refractivity contribution in [3.63, 3.8) is 0 Å². The normalized spacial score (nSPS) is 10.6. The number of nitrogens with zero attached hydrogens (tertiary/aromatic N) is 2. The second-order valence-corrected chi connectivity index (χ2v) is 6.10. The molecule has 3 N–H and O–H groups in total. The molecule has 0 aliphatic rings. The highest BCUT2D eigenvalue weighted by molar-refractivity contribution is 6.30. The Morgan fingerprint density at radius 3 is 2.60 bits per heavy atom. The van der Waals surface area contributed by atoms with E-state index >= 15 is 0 Å². The molecule has 6 heteroatoms. The van der Waals surface area contributed by atoms with Gasteiger partial charge in [0, 0.05) is 24.7 Å². The third-order valence-electron chi connectivity index (χ3n) is 3.82. The second kappa shape index (κ2) is 7.94. The van der Waals surface area contributed by atoms with E-state index in [4.69, 9.17) is 17.3 Å². The lowest BCUT2D eigenvalue weighted by Gasteiger charge is -2.09. The number of nitrogen functional groups attached to an aromatic ring is 1. The highest BCUT2D eigenvalue weighted by Gasteiger charge is 2.07. The Bertz CT molecular complexity index is 855. The van der Waals surface area contributed by atoms with Crippen LogP contribution in [0.5, 0.6) is 0 Å². The molecule has 0 saturated heterocycles. The van der Waals surface area contributed by atoms with Gasteiger partial charge in [-0.3, -0.25) is 0 Å². The summed E-state index contributed by atoms with van der Waals surface area (Å²) in [5.74, 6) is 0.458. The lowest BCUT2D eigenvalue weighted by molar-refractivity contribution is 0.627. The van der Waals surface area contributed by atoms with Crippen LogP contribution in [0, 0.1) is 5.82 Å². The van der Waals surface area contributed by atoms with Gasteiger partial charge in [0.1, 0.15) is 11.6 Å². The van der Waals surface area contributed by atoms with Gasteiger partial charge >= 0.3 is 0 Å². The summed E-state index contributed by atoms with van der Waals surface area (Å²) in [6.07, 6.45) is 3.06. The number of nitrogens with one attached hydrogen (secondary N) is 1. The minimum Gasteiger partial charge on any atom is -0.383 e. The summed E-state index contributed by atoms with van der Waals surface area (Å²) in [6.45, 7) is 0.719. The number of hydrogen-bond donors (Lipinski definition) is 2. The topological polar surface area (TPSA) is 63.8 Å². The maximum absolute atomic E-state index is 13.2. The molecule has 3 aromatic rings. The van der Waals surface area contributed by atoms with E-state index in [0.29, 0.717) is 18.2 Å². The van der Waals surface area contributed by atoms with Crippen LogP contribution in [0.15, 0.2) is 54.7 Å². The van der Waals surface area contributed by atoms with E-state index < -0.39 is 5.82 Å².